The lowest BCUT2D eigenvalue weighted by Gasteiger charge is -1.97. The number of rotatable bonds is 2. The lowest BCUT2D eigenvalue weighted by molar-refractivity contribution is 1.42. The number of hydrogen-bond acceptors (Lipinski definition) is 2. The van der Waals surface area contributed by atoms with Crippen molar-refractivity contribution in [3.8, 4) is 10.4 Å². The minimum Gasteiger partial charge on any atom is -0.0663 e. The summed E-state index contributed by atoms with van der Waals surface area (Å²) in [4.78, 5) is 1.42. The Morgan fingerprint density at radius 1 is 1.13 bits per heavy atom. The van der Waals surface area contributed by atoms with E-state index in [2.05, 4.69) is 44.4 Å². The van der Waals surface area contributed by atoms with Crippen molar-refractivity contribution in [2.75, 3.05) is 6.26 Å². The first-order valence-electron chi connectivity index (χ1n) is 4.76. The molecule has 15 heavy (non-hydrogen) atoms. The van der Waals surface area contributed by atoms with Crippen LogP contribution in [0.3, 0.4) is 0 Å². The summed E-state index contributed by atoms with van der Waals surface area (Å²) in [7, 11) is 3.76. The molecule has 0 nitrogen and oxygen atoms in total. The average molecular weight is 253 g/mol. The normalized spacial score (nSPS) is 10.6. The third-order valence-corrected chi connectivity index (χ3v) is 6.59. The first-order valence-corrected chi connectivity index (χ1v) is 8.13. The maximum atomic E-state index is 2.22. The zero-order valence-corrected chi connectivity index (χ0v) is 11.5. The molecule has 0 amide bonds. The molecule has 1 aromatic carbocycles. The maximum Gasteiger partial charge on any atom is 0.308 e. The summed E-state index contributed by atoms with van der Waals surface area (Å²) in [6.45, 7) is 4.34. The van der Waals surface area contributed by atoms with E-state index in [9.17, 15) is 0 Å². The van der Waals surface area contributed by atoms with Gasteiger partial charge in [0.25, 0.3) is 4.21 Å². The van der Waals surface area contributed by atoms with Gasteiger partial charge in [-0.05, 0) is 25.7 Å². The average Bonchev–Trinajstić information content (AvgIpc) is 2.61. The van der Waals surface area contributed by atoms with Crippen LogP contribution in [0.5, 0.6) is 0 Å². The Morgan fingerprint density at radius 3 is 2.33 bits per heavy atom. The summed E-state index contributed by atoms with van der Waals surface area (Å²) in [5.74, 6) is 0. The van der Waals surface area contributed by atoms with Gasteiger partial charge in [0.05, 0.1) is 0 Å². The molecule has 0 bridgehead atoms. The topological polar surface area (TPSA) is 0 Å². The first kappa shape index (κ1) is 11.1. The molecule has 0 atom stereocenters. The predicted octanol–water partition coefficient (Wildman–Crippen LogP) is 5.10. The lowest BCUT2D eigenvalue weighted by atomic mass is 10.1. The second kappa shape index (κ2) is 4.64. The van der Waals surface area contributed by atoms with E-state index < -0.39 is 0 Å². The fourth-order valence-corrected chi connectivity index (χ4v) is 5.54. The summed E-state index contributed by atoms with van der Waals surface area (Å²) < 4.78 is 1.44. The van der Waals surface area contributed by atoms with Gasteiger partial charge in [-0.15, -0.1) is 0 Å². The van der Waals surface area contributed by atoms with Crippen LogP contribution in [0.1, 0.15) is 11.1 Å². The van der Waals surface area contributed by atoms with Crippen molar-refractivity contribution in [2.45, 2.75) is 18.1 Å². The van der Waals surface area contributed by atoms with Gasteiger partial charge in [0.1, 0.15) is 4.88 Å². The molecule has 0 fully saturated rings. The largest absolute Gasteiger partial charge is 0.308 e. The molecule has 1 heterocycles. The van der Waals surface area contributed by atoms with Crippen molar-refractivity contribution in [3.63, 3.8) is 0 Å². The molecular weight excluding hydrogens is 240 g/mol. The van der Waals surface area contributed by atoms with Crippen LogP contribution in [0, 0.1) is 13.8 Å². The second-order valence-electron chi connectivity index (χ2n) is 3.48. The van der Waals surface area contributed by atoms with E-state index in [1.165, 1.54) is 25.8 Å². The smallest absolute Gasteiger partial charge is 0.0663 e. The van der Waals surface area contributed by atoms with Gasteiger partial charge in [0.15, 0.2) is 10.3 Å². The van der Waals surface area contributed by atoms with Gasteiger partial charge in [0.2, 0.25) is 0 Å². The Balaban J connectivity index is 2.45. The Bertz CT molecular complexity index is 454. The van der Waals surface area contributed by atoms with E-state index in [1.54, 1.807) is 0 Å². The van der Waals surface area contributed by atoms with Crippen molar-refractivity contribution >= 4 is 32.4 Å². The van der Waals surface area contributed by atoms with E-state index in [1.807, 2.05) is 32.4 Å². The molecule has 0 radical (unpaired) electrons. The number of thioether (sulfide) groups is 1. The molecule has 0 aliphatic heterocycles. The van der Waals surface area contributed by atoms with Gasteiger partial charge in [0, 0.05) is 5.56 Å². The van der Waals surface area contributed by atoms with Crippen molar-refractivity contribution in [3.05, 3.63) is 35.4 Å². The van der Waals surface area contributed by atoms with Crippen LogP contribution >= 0.6 is 32.4 Å². The highest BCUT2D eigenvalue weighted by molar-refractivity contribution is 8.02. The summed E-state index contributed by atoms with van der Waals surface area (Å²) in [5, 5.41) is 0. The number of aryl methyl sites for hydroxylation is 1. The summed E-state index contributed by atoms with van der Waals surface area (Å²) in [6, 6.07) is 8.78. The fourth-order valence-electron chi connectivity index (χ4n) is 1.45. The molecule has 0 spiro atoms. The van der Waals surface area contributed by atoms with Crippen LogP contribution in [0.25, 0.3) is 10.4 Å². The zero-order chi connectivity index (χ0) is 10.8. The minimum absolute atomic E-state index is 1.32. The van der Waals surface area contributed by atoms with Crippen LogP contribution < -0.4 is 0 Å². The lowest BCUT2D eigenvalue weighted by Crippen LogP contribution is -1.78. The highest BCUT2D eigenvalue weighted by Gasteiger charge is 2.20. The van der Waals surface area contributed by atoms with E-state index in [0.29, 0.717) is 0 Å². The number of hydrogen-bond donors (Lipinski definition) is 0. The monoisotopic (exact) mass is 253 g/mol. The van der Waals surface area contributed by atoms with Crippen LogP contribution in [0.2, 0.25) is 0 Å². The van der Waals surface area contributed by atoms with E-state index >= 15 is 0 Å². The Labute approximate surface area is 102 Å². The third kappa shape index (κ3) is 2.25. The Morgan fingerprint density at radius 2 is 1.80 bits per heavy atom. The summed E-state index contributed by atoms with van der Waals surface area (Å²) in [6.07, 6.45) is 2.14. The molecule has 2 aromatic rings. The van der Waals surface area contributed by atoms with Gasteiger partial charge in [-0.1, -0.05) is 41.6 Å². The highest BCUT2D eigenvalue weighted by atomic mass is 32.9. The van der Waals surface area contributed by atoms with Crippen molar-refractivity contribution < 1.29 is 0 Å². The fraction of sp³-hybridized carbons (Fsp3) is 0.250. The molecule has 0 aliphatic carbocycles. The van der Waals surface area contributed by atoms with Crippen molar-refractivity contribution in [1.29, 1.82) is 0 Å². The maximum absolute atomic E-state index is 2.22. The molecule has 0 aliphatic rings. The summed E-state index contributed by atoms with van der Waals surface area (Å²) >= 11 is 1.84. The Hall–Kier alpha value is -0.380. The van der Waals surface area contributed by atoms with Crippen LogP contribution in [-0.2, 0) is 0 Å². The van der Waals surface area contributed by atoms with Crippen LogP contribution in [0.4, 0.5) is 0 Å². The molecule has 0 saturated heterocycles. The number of benzene rings is 1. The van der Waals surface area contributed by atoms with E-state index in [4.69, 9.17) is 0 Å². The molecule has 78 valence electrons. The van der Waals surface area contributed by atoms with Gasteiger partial charge in [-0.25, -0.2) is 0 Å². The van der Waals surface area contributed by atoms with Crippen LogP contribution in [-0.4, -0.2) is 6.26 Å². The molecule has 3 heteroatoms. The Kier molecular flexibility index (Phi) is 3.44. The summed E-state index contributed by atoms with van der Waals surface area (Å²) in [5.41, 5.74) is 4.10. The molecule has 0 N–H and O–H groups in total. The quantitative estimate of drug-likeness (QED) is 0.408. The van der Waals surface area contributed by atoms with Gasteiger partial charge >= 0.3 is 10.3 Å². The van der Waals surface area contributed by atoms with Crippen LogP contribution in [0.15, 0.2) is 28.5 Å². The third-order valence-electron chi connectivity index (χ3n) is 2.35. The van der Waals surface area contributed by atoms with Gasteiger partial charge in [-0.2, -0.15) is 0 Å². The highest BCUT2D eigenvalue weighted by Crippen LogP contribution is 2.40. The molecule has 2 rings (SSSR count). The van der Waals surface area contributed by atoms with E-state index in [0.717, 1.165) is 0 Å². The second-order valence-corrected chi connectivity index (χ2v) is 6.70. The molecular formula is C12H13S3+. The predicted molar refractivity (Wildman–Crippen MR) is 73.3 cm³/mol. The standard InChI is InChI=1S/C12H13S3/c1-8-4-6-10(7-5-8)11-9(2)12(13-3)15-14-11/h4-7H,1-3H3/q+1. The minimum atomic E-state index is 1.32. The van der Waals surface area contributed by atoms with Crippen molar-refractivity contribution in [1.82, 2.24) is 0 Å². The molecule has 0 unspecified atom stereocenters. The van der Waals surface area contributed by atoms with Gasteiger partial charge < -0.3 is 0 Å². The molecule has 1 aromatic heterocycles. The first-order chi connectivity index (χ1) is 7.22. The SMILES string of the molecule is CSc1[s+]sc(-c2ccc(C)cc2)c1C. The zero-order valence-electron chi connectivity index (χ0n) is 9.03. The molecule has 0 saturated carbocycles. The van der Waals surface area contributed by atoms with E-state index in [-0.39, 0.29) is 0 Å². The van der Waals surface area contributed by atoms with Crippen molar-refractivity contribution in [2.24, 2.45) is 0 Å². The van der Waals surface area contributed by atoms with Gasteiger partial charge in [-0.3, -0.25) is 0 Å².